The Morgan fingerprint density at radius 1 is 1.19 bits per heavy atom. The van der Waals surface area contributed by atoms with Gasteiger partial charge >= 0.3 is 0 Å². The van der Waals surface area contributed by atoms with Gasteiger partial charge in [0.1, 0.15) is 5.82 Å². The molecular formula is C18H29N3. The van der Waals surface area contributed by atoms with E-state index in [0.29, 0.717) is 6.04 Å². The Labute approximate surface area is 129 Å². The molecule has 3 heterocycles. The predicted molar refractivity (Wildman–Crippen MR) is 88.8 cm³/mol. The first-order valence-electron chi connectivity index (χ1n) is 8.60. The number of aromatic nitrogens is 1. The molecule has 2 saturated heterocycles. The average molecular weight is 287 g/mol. The van der Waals surface area contributed by atoms with Crippen LogP contribution in [0.25, 0.3) is 0 Å². The Balaban J connectivity index is 1.78. The molecule has 3 rings (SSSR count). The van der Waals surface area contributed by atoms with Crippen LogP contribution in [0.2, 0.25) is 0 Å². The lowest BCUT2D eigenvalue weighted by Crippen LogP contribution is -2.28. The minimum absolute atomic E-state index is 0.590. The van der Waals surface area contributed by atoms with Crippen LogP contribution in [0, 0.1) is 12.8 Å². The second kappa shape index (κ2) is 6.35. The predicted octanol–water partition coefficient (Wildman–Crippen LogP) is 3.78. The maximum absolute atomic E-state index is 4.78. The molecule has 2 aliphatic heterocycles. The Hall–Kier alpha value is -1.09. The van der Waals surface area contributed by atoms with Crippen molar-refractivity contribution in [3.05, 3.63) is 23.4 Å². The van der Waals surface area contributed by atoms with E-state index in [9.17, 15) is 0 Å². The molecule has 21 heavy (non-hydrogen) atoms. The minimum Gasteiger partial charge on any atom is -0.357 e. The lowest BCUT2D eigenvalue weighted by Gasteiger charge is -2.28. The molecule has 0 aromatic carbocycles. The van der Waals surface area contributed by atoms with Gasteiger partial charge in [0.15, 0.2) is 0 Å². The number of rotatable bonds is 4. The zero-order valence-corrected chi connectivity index (χ0v) is 13.8. The molecular weight excluding hydrogens is 258 g/mol. The van der Waals surface area contributed by atoms with E-state index in [1.54, 1.807) is 0 Å². The minimum atomic E-state index is 0.590. The summed E-state index contributed by atoms with van der Waals surface area (Å²) in [6, 6.07) is 2.90. The Kier molecular flexibility index (Phi) is 4.48. The number of nitrogens with zero attached hydrogens (tertiary/aromatic N) is 3. The fourth-order valence-electron chi connectivity index (χ4n) is 3.89. The van der Waals surface area contributed by atoms with Crippen LogP contribution >= 0.6 is 0 Å². The van der Waals surface area contributed by atoms with Crippen molar-refractivity contribution in [3.63, 3.8) is 0 Å². The first-order valence-corrected chi connectivity index (χ1v) is 8.60. The molecule has 3 heteroatoms. The summed E-state index contributed by atoms with van der Waals surface area (Å²) in [5.74, 6) is 1.92. The average Bonchev–Trinajstić information content (AvgIpc) is 3.09. The van der Waals surface area contributed by atoms with E-state index in [2.05, 4.69) is 42.8 Å². The summed E-state index contributed by atoms with van der Waals surface area (Å²) in [5.41, 5.74) is 2.88. The van der Waals surface area contributed by atoms with Crippen molar-refractivity contribution >= 4 is 5.82 Å². The summed E-state index contributed by atoms with van der Waals surface area (Å²) in [7, 11) is 0. The lowest BCUT2D eigenvalue weighted by molar-refractivity contribution is 0.228. The maximum Gasteiger partial charge on any atom is 0.128 e. The van der Waals surface area contributed by atoms with Gasteiger partial charge in [0.2, 0.25) is 0 Å². The normalized spacial score (nSPS) is 23.4. The van der Waals surface area contributed by atoms with Gasteiger partial charge in [-0.1, -0.05) is 13.8 Å². The Morgan fingerprint density at radius 3 is 2.62 bits per heavy atom. The third-order valence-electron chi connectivity index (χ3n) is 4.89. The van der Waals surface area contributed by atoms with Crippen molar-refractivity contribution in [1.29, 1.82) is 0 Å². The van der Waals surface area contributed by atoms with Crippen LogP contribution in [0.1, 0.15) is 56.7 Å². The van der Waals surface area contributed by atoms with E-state index in [0.717, 1.165) is 5.92 Å². The molecule has 3 nitrogen and oxygen atoms in total. The number of likely N-dealkylation sites (tertiary alicyclic amines) is 1. The van der Waals surface area contributed by atoms with Crippen LogP contribution in [0.4, 0.5) is 5.82 Å². The zero-order chi connectivity index (χ0) is 14.8. The molecule has 116 valence electrons. The van der Waals surface area contributed by atoms with Crippen LogP contribution in [-0.2, 0) is 0 Å². The molecule has 1 aromatic rings. The van der Waals surface area contributed by atoms with Gasteiger partial charge in [-0.3, -0.25) is 4.90 Å². The van der Waals surface area contributed by atoms with Crippen molar-refractivity contribution in [3.8, 4) is 0 Å². The van der Waals surface area contributed by atoms with Gasteiger partial charge in [0.05, 0.1) is 0 Å². The van der Waals surface area contributed by atoms with Gasteiger partial charge in [-0.05, 0) is 62.3 Å². The van der Waals surface area contributed by atoms with Gasteiger partial charge in [0.25, 0.3) is 0 Å². The van der Waals surface area contributed by atoms with E-state index in [-0.39, 0.29) is 0 Å². The summed E-state index contributed by atoms with van der Waals surface area (Å²) in [6.07, 6.45) is 7.40. The molecule has 1 aromatic heterocycles. The number of pyridine rings is 1. The largest absolute Gasteiger partial charge is 0.357 e. The second-order valence-electron chi connectivity index (χ2n) is 7.14. The summed E-state index contributed by atoms with van der Waals surface area (Å²) >= 11 is 0. The molecule has 1 atom stereocenters. The van der Waals surface area contributed by atoms with E-state index >= 15 is 0 Å². The molecule has 0 saturated carbocycles. The second-order valence-corrected chi connectivity index (χ2v) is 7.14. The number of hydrogen-bond donors (Lipinski definition) is 0. The SMILES string of the molecule is Cc1cc(N2CCCC2)ncc1C1CCCN1CC(C)C. The Morgan fingerprint density at radius 2 is 1.95 bits per heavy atom. The van der Waals surface area contributed by atoms with Crippen LogP contribution in [-0.4, -0.2) is 36.1 Å². The smallest absolute Gasteiger partial charge is 0.128 e. The van der Waals surface area contributed by atoms with Crippen LogP contribution in [0.3, 0.4) is 0 Å². The molecule has 0 spiro atoms. The molecule has 0 bridgehead atoms. The standard InChI is InChI=1S/C18H29N3/c1-14(2)13-21-10-6-7-17(21)16-12-19-18(11-15(16)3)20-8-4-5-9-20/h11-12,14,17H,4-10,13H2,1-3H3. The third-order valence-corrected chi connectivity index (χ3v) is 4.89. The van der Waals surface area contributed by atoms with Gasteiger partial charge in [-0.2, -0.15) is 0 Å². The summed E-state index contributed by atoms with van der Waals surface area (Å²) < 4.78 is 0. The number of aryl methyl sites for hydroxylation is 1. The monoisotopic (exact) mass is 287 g/mol. The van der Waals surface area contributed by atoms with Gasteiger partial charge < -0.3 is 4.90 Å². The highest BCUT2D eigenvalue weighted by Gasteiger charge is 2.28. The van der Waals surface area contributed by atoms with E-state index in [4.69, 9.17) is 4.98 Å². The number of hydrogen-bond acceptors (Lipinski definition) is 3. The molecule has 0 radical (unpaired) electrons. The van der Waals surface area contributed by atoms with Crippen molar-refractivity contribution < 1.29 is 0 Å². The van der Waals surface area contributed by atoms with Gasteiger partial charge in [-0.25, -0.2) is 4.98 Å². The fraction of sp³-hybridized carbons (Fsp3) is 0.722. The molecule has 1 unspecified atom stereocenters. The van der Waals surface area contributed by atoms with Crippen molar-refractivity contribution in [2.24, 2.45) is 5.92 Å². The van der Waals surface area contributed by atoms with Crippen molar-refractivity contribution in [1.82, 2.24) is 9.88 Å². The van der Waals surface area contributed by atoms with E-state index in [1.165, 1.54) is 68.8 Å². The highest BCUT2D eigenvalue weighted by Crippen LogP contribution is 2.34. The van der Waals surface area contributed by atoms with Crippen molar-refractivity contribution in [2.75, 3.05) is 31.1 Å². The number of anilines is 1. The molecule has 0 N–H and O–H groups in total. The quantitative estimate of drug-likeness (QED) is 0.840. The Bertz CT molecular complexity index is 477. The third kappa shape index (κ3) is 3.23. The first-order chi connectivity index (χ1) is 10.1. The van der Waals surface area contributed by atoms with Crippen LogP contribution < -0.4 is 4.90 Å². The lowest BCUT2D eigenvalue weighted by atomic mass is 10.0. The topological polar surface area (TPSA) is 19.4 Å². The van der Waals surface area contributed by atoms with Gasteiger partial charge in [-0.15, -0.1) is 0 Å². The molecule has 2 aliphatic rings. The highest BCUT2D eigenvalue weighted by atomic mass is 15.2. The highest BCUT2D eigenvalue weighted by molar-refractivity contribution is 5.45. The summed E-state index contributed by atoms with van der Waals surface area (Å²) in [5, 5.41) is 0. The molecule has 0 amide bonds. The maximum atomic E-state index is 4.78. The molecule has 0 aliphatic carbocycles. The van der Waals surface area contributed by atoms with Crippen molar-refractivity contribution in [2.45, 2.75) is 52.5 Å². The van der Waals surface area contributed by atoms with Crippen LogP contribution in [0.5, 0.6) is 0 Å². The summed E-state index contributed by atoms with van der Waals surface area (Å²) in [4.78, 5) is 9.86. The summed E-state index contributed by atoms with van der Waals surface area (Å²) in [6.45, 7) is 11.7. The fourth-order valence-corrected chi connectivity index (χ4v) is 3.89. The van der Waals surface area contributed by atoms with Crippen LogP contribution in [0.15, 0.2) is 12.3 Å². The van der Waals surface area contributed by atoms with E-state index < -0.39 is 0 Å². The van der Waals surface area contributed by atoms with E-state index in [1.807, 2.05) is 0 Å². The zero-order valence-electron chi connectivity index (χ0n) is 13.8. The molecule has 2 fully saturated rings. The van der Waals surface area contributed by atoms with Gasteiger partial charge in [0, 0.05) is 31.9 Å². The first kappa shape index (κ1) is 14.8.